The highest BCUT2D eigenvalue weighted by atomic mass is 15.3. The Labute approximate surface area is 60.5 Å². The molecule has 0 aliphatic carbocycles. The van der Waals surface area contributed by atoms with Crippen LogP contribution in [0.15, 0.2) is 22.7 Å². The zero-order chi connectivity index (χ0) is 7.82. The maximum absolute atomic E-state index is 5.36. The Morgan fingerprint density at radius 3 is 3.00 bits per heavy atom. The summed E-state index contributed by atoms with van der Waals surface area (Å²) in [6.45, 7) is 4.02. The standard InChI is InChI=1S/C6H12N4/c1-3-4-9-6(7)5-10-8-2/h3,5,8H,1,4H2,2H3,(H2,7,9)/b10-5-. The lowest BCUT2D eigenvalue weighted by Crippen LogP contribution is -2.15. The van der Waals surface area contributed by atoms with Crippen molar-refractivity contribution in [3.63, 3.8) is 0 Å². The summed E-state index contributed by atoms with van der Waals surface area (Å²) >= 11 is 0. The minimum absolute atomic E-state index is 0.397. The fraction of sp³-hybridized carbons (Fsp3) is 0.333. The molecule has 0 aromatic rings. The summed E-state index contributed by atoms with van der Waals surface area (Å²) in [6, 6.07) is 0. The van der Waals surface area contributed by atoms with E-state index < -0.39 is 0 Å². The predicted octanol–water partition coefficient (Wildman–Crippen LogP) is -0.265. The van der Waals surface area contributed by atoms with Gasteiger partial charge >= 0.3 is 0 Å². The maximum atomic E-state index is 5.36. The lowest BCUT2D eigenvalue weighted by Gasteiger charge is -1.88. The zero-order valence-corrected chi connectivity index (χ0v) is 6.04. The minimum atomic E-state index is 0.397. The molecule has 0 unspecified atom stereocenters. The van der Waals surface area contributed by atoms with E-state index >= 15 is 0 Å². The Morgan fingerprint density at radius 2 is 2.50 bits per heavy atom. The van der Waals surface area contributed by atoms with Gasteiger partial charge < -0.3 is 11.2 Å². The number of hydrogen-bond donors (Lipinski definition) is 2. The fourth-order valence-electron chi connectivity index (χ4n) is 0.341. The van der Waals surface area contributed by atoms with Gasteiger partial charge in [0.15, 0.2) is 0 Å². The van der Waals surface area contributed by atoms with Gasteiger partial charge in [-0.05, 0) is 0 Å². The van der Waals surface area contributed by atoms with E-state index in [1.165, 1.54) is 6.21 Å². The third kappa shape index (κ3) is 4.83. The summed E-state index contributed by atoms with van der Waals surface area (Å²) in [7, 11) is 1.69. The van der Waals surface area contributed by atoms with E-state index in [1.807, 2.05) is 0 Å². The van der Waals surface area contributed by atoms with Crippen molar-refractivity contribution in [3.8, 4) is 0 Å². The van der Waals surface area contributed by atoms with Crippen LogP contribution in [0, 0.1) is 0 Å². The van der Waals surface area contributed by atoms with Gasteiger partial charge in [0.25, 0.3) is 0 Å². The second kappa shape index (κ2) is 5.81. The monoisotopic (exact) mass is 140 g/mol. The smallest absolute Gasteiger partial charge is 0.139 e. The largest absolute Gasteiger partial charge is 0.383 e. The van der Waals surface area contributed by atoms with Crippen molar-refractivity contribution in [3.05, 3.63) is 12.7 Å². The number of nitrogens with one attached hydrogen (secondary N) is 1. The van der Waals surface area contributed by atoms with E-state index in [-0.39, 0.29) is 0 Å². The molecule has 0 bridgehead atoms. The fourth-order valence-corrected chi connectivity index (χ4v) is 0.341. The highest BCUT2D eigenvalue weighted by Crippen LogP contribution is 1.69. The van der Waals surface area contributed by atoms with Gasteiger partial charge in [0.05, 0.1) is 12.8 Å². The van der Waals surface area contributed by atoms with Crippen molar-refractivity contribution >= 4 is 12.1 Å². The second-order valence-corrected chi connectivity index (χ2v) is 1.54. The lowest BCUT2D eigenvalue weighted by molar-refractivity contribution is 0.909. The molecule has 0 saturated carbocycles. The highest BCUT2D eigenvalue weighted by molar-refractivity contribution is 6.28. The first-order valence-electron chi connectivity index (χ1n) is 2.92. The number of hydrogen-bond acceptors (Lipinski definition) is 3. The number of nitrogens with zero attached hydrogens (tertiary/aromatic N) is 2. The highest BCUT2D eigenvalue weighted by Gasteiger charge is 1.79. The summed E-state index contributed by atoms with van der Waals surface area (Å²) in [6.07, 6.45) is 3.11. The van der Waals surface area contributed by atoms with E-state index in [9.17, 15) is 0 Å². The van der Waals surface area contributed by atoms with Crippen molar-refractivity contribution < 1.29 is 0 Å². The predicted molar refractivity (Wildman–Crippen MR) is 44.2 cm³/mol. The van der Waals surface area contributed by atoms with E-state index in [2.05, 4.69) is 22.1 Å². The van der Waals surface area contributed by atoms with Gasteiger partial charge in [-0.25, -0.2) is 0 Å². The van der Waals surface area contributed by atoms with Crippen molar-refractivity contribution in [2.24, 2.45) is 15.8 Å². The van der Waals surface area contributed by atoms with E-state index in [1.54, 1.807) is 13.1 Å². The first kappa shape index (κ1) is 8.68. The van der Waals surface area contributed by atoms with Crippen LogP contribution in [0.3, 0.4) is 0 Å². The first-order valence-corrected chi connectivity index (χ1v) is 2.92. The summed E-state index contributed by atoms with van der Waals surface area (Å²) in [5.74, 6) is 0.397. The van der Waals surface area contributed by atoms with Crippen LogP contribution in [-0.4, -0.2) is 25.6 Å². The SMILES string of the molecule is C=CCN=C(N)/C=N\NC. The molecule has 4 nitrogen and oxygen atoms in total. The molecular formula is C6H12N4. The van der Waals surface area contributed by atoms with Gasteiger partial charge in [-0.3, -0.25) is 4.99 Å². The van der Waals surface area contributed by atoms with Crippen LogP contribution in [0.4, 0.5) is 0 Å². The molecule has 0 spiro atoms. The van der Waals surface area contributed by atoms with Crippen LogP contribution in [0.5, 0.6) is 0 Å². The van der Waals surface area contributed by atoms with Crippen LogP contribution in [-0.2, 0) is 0 Å². The molecule has 4 heteroatoms. The normalized spacial score (nSPS) is 11.9. The molecule has 0 fully saturated rings. The topological polar surface area (TPSA) is 62.8 Å². The van der Waals surface area contributed by atoms with Gasteiger partial charge in [0, 0.05) is 7.05 Å². The van der Waals surface area contributed by atoms with Crippen molar-refractivity contribution in [1.29, 1.82) is 0 Å². The molecule has 0 rings (SSSR count). The Morgan fingerprint density at radius 1 is 1.80 bits per heavy atom. The van der Waals surface area contributed by atoms with Crippen LogP contribution in [0.25, 0.3) is 0 Å². The van der Waals surface area contributed by atoms with Gasteiger partial charge in [-0.15, -0.1) is 6.58 Å². The molecule has 56 valence electrons. The Bertz CT molecular complexity index is 148. The molecule has 0 heterocycles. The molecular weight excluding hydrogens is 128 g/mol. The quantitative estimate of drug-likeness (QED) is 0.244. The third-order valence-electron chi connectivity index (χ3n) is 0.729. The number of rotatable bonds is 4. The minimum Gasteiger partial charge on any atom is -0.383 e. The molecule has 0 aromatic heterocycles. The van der Waals surface area contributed by atoms with Crippen LogP contribution in [0.2, 0.25) is 0 Å². The molecule has 0 aliphatic heterocycles. The van der Waals surface area contributed by atoms with Gasteiger partial charge in [0.1, 0.15) is 5.84 Å². The van der Waals surface area contributed by atoms with Crippen LogP contribution < -0.4 is 11.2 Å². The van der Waals surface area contributed by atoms with Gasteiger partial charge in [0.2, 0.25) is 0 Å². The molecule has 0 saturated heterocycles. The Kier molecular flexibility index (Phi) is 5.04. The molecule has 10 heavy (non-hydrogen) atoms. The lowest BCUT2D eigenvalue weighted by atomic mass is 10.6. The summed E-state index contributed by atoms with van der Waals surface area (Å²) in [5.41, 5.74) is 7.92. The zero-order valence-electron chi connectivity index (χ0n) is 6.04. The number of nitrogens with two attached hydrogens (primary N) is 1. The maximum Gasteiger partial charge on any atom is 0.139 e. The van der Waals surface area contributed by atoms with E-state index in [4.69, 9.17) is 5.73 Å². The van der Waals surface area contributed by atoms with E-state index in [0.29, 0.717) is 12.4 Å². The molecule has 0 atom stereocenters. The van der Waals surface area contributed by atoms with E-state index in [0.717, 1.165) is 0 Å². The average Bonchev–Trinajstić information content (AvgIpc) is 1.97. The van der Waals surface area contributed by atoms with Crippen LogP contribution in [0.1, 0.15) is 0 Å². The van der Waals surface area contributed by atoms with Crippen molar-refractivity contribution in [2.75, 3.05) is 13.6 Å². The molecule has 0 aliphatic rings. The number of amidine groups is 1. The van der Waals surface area contributed by atoms with Gasteiger partial charge in [-0.2, -0.15) is 5.10 Å². The average molecular weight is 140 g/mol. The van der Waals surface area contributed by atoms with Crippen molar-refractivity contribution in [1.82, 2.24) is 5.43 Å². The third-order valence-corrected chi connectivity index (χ3v) is 0.729. The van der Waals surface area contributed by atoms with Crippen LogP contribution >= 0.6 is 0 Å². The molecule has 0 aromatic carbocycles. The Balaban J connectivity index is 3.69. The first-order chi connectivity index (χ1) is 4.81. The molecule has 0 amide bonds. The second-order valence-electron chi connectivity index (χ2n) is 1.54. The summed E-state index contributed by atoms with van der Waals surface area (Å²) in [4.78, 5) is 3.87. The number of aliphatic imine (C=N–C) groups is 1. The summed E-state index contributed by atoms with van der Waals surface area (Å²) < 4.78 is 0. The number of hydrazone groups is 1. The molecule has 3 N–H and O–H groups in total. The molecule has 0 radical (unpaired) electrons. The Hall–Kier alpha value is -1.32. The van der Waals surface area contributed by atoms with Crippen molar-refractivity contribution in [2.45, 2.75) is 0 Å². The summed E-state index contributed by atoms with van der Waals surface area (Å²) in [5, 5.41) is 3.66. The van der Waals surface area contributed by atoms with Gasteiger partial charge in [-0.1, -0.05) is 6.08 Å².